The van der Waals surface area contributed by atoms with E-state index in [0.717, 1.165) is 35.7 Å². The molecule has 0 saturated heterocycles. The third-order valence-electron chi connectivity index (χ3n) is 3.87. The van der Waals surface area contributed by atoms with E-state index in [1.807, 2.05) is 17.5 Å². The first-order valence-electron chi connectivity index (χ1n) is 7.15. The number of carbonyl (C=O) groups is 1. The summed E-state index contributed by atoms with van der Waals surface area (Å²) in [5.41, 5.74) is 0.752. The maximum Gasteiger partial charge on any atom is 0.226 e. The molecular formula is C15H18N2O3S. The van der Waals surface area contributed by atoms with E-state index in [0.29, 0.717) is 0 Å². The third-order valence-corrected chi connectivity index (χ3v) is 4.77. The molecule has 112 valence electrons. The van der Waals surface area contributed by atoms with Gasteiger partial charge in [-0.3, -0.25) is 4.79 Å². The van der Waals surface area contributed by atoms with Crippen molar-refractivity contribution in [2.75, 3.05) is 6.61 Å². The van der Waals surface area contributed by atoms with Gasteiger partial charge in [0.1, 0.15) is 0 Å². The average molecular weight is 306 g/mol. The Balaban J connectivity index is 1.58. The van der Waals surface area contributed by atoms with Gasteiger partial charge in [-0.1, -0.05) is 6.42 Å². The van der Waals surface area contributed by atoms with E-state index >= 15 is 0 Å². The van der Waals surface area contributed by atoms with Crippen LogP contribution in [-0.2, 0) is 11.2 Å². The summed E-state index contributed by atoms with van der Waals surface area (Å²) < 4.78 is 5.29. The van der Waals surface area contributed by atoms with Crippen LogP contribution in [0.5, 0.6) is 0 Å². The number of aliphatic hydroxyl groups excluding tert-OH is 1. The number of hydrogen-bond donors (Lipinski definition) is 2. The van der Waals surface area contributed by atoms with Gasteiger partial charge in [0.15, 0.2) is 10.8 Å². The van der Waals surface area contributed by atoms with E-state index in [-0.39, 0.29) is 30.9 Å². The standard InChI is InChI=1S/C15H18N2O3S/c18-8-10-3-1-4-12(10)17-14(19)7-11-9-21-15(16-11)13-5-2-6-20-13/h2,5-6,9-10,12,18H,1,3-4,7-8H2,(H,17,19). The Kier molecular flexibility index (Phi) is 4.36. The number of thiazole rings is 1. The number of nitrogens with one attached hydrogen (secondary N) is 1. The molecule has 1 aliphatic carbocycles. The number of hydrogen-bond acceptors (Lipinski definition) is 5. The third kappa shape index (κ3) is 3.33. The molecule has 2 atom stereocenters. The highest BCUT2D eigenvalue weighted by Crippen LogP contribution is 2.26. The number of aromatic nitrogens is 1. The van der Waals surface area contributed by atoms with E-state index in [1.165, 1.54) is 11.3 Å². The number of furan rings is 1. The first-order chi connectivity index (χ1) is 10.3. The number of carbonyl (C=O) groups excluding carboxylic acids is 1. The maximum absolute atomic E-state index is 12.1. The summed E-state index contributed by atoms with van der Waals surface area (Å²) in [6, 6.07) is 3.77. The highest BCUT2D eigenvalue weighted by atomic mass is 32.1. The Bertz CT molecular complexity index is 594. The molecule has 3 rings (SSSR count). The number of nitrogens with zero attached hydrogens (tertiary/aromatic N) is 1. The number of rotatable bonds is 5. The molecule has 0 radical (unpaired) electrons. The Morgan fingerprint density at radius 2 is 2.43 bits per heavy atom. The molecule has 5 nitrogen and oxygen atoms in total. The summed E-state index contributed by atoms with van der Waals surface area (Å²) in [6.45, 7) is 0.143. The topological polar surface area (TPSA) is 75.4 Å². The van der Waals surface area contributed by atoms with Crippen LogP contribution in [-0.4, -0.2) is 28.6 Å². The average Bonchev–Trinajstić information content (AvgIpc) is 3.19. The molecule has 1 fully saturated rings. The summed E-state index contributed by atoms with van der Waals surface area (Å²) in [5, 5.41) is 15.0. The fraction of sp³-hybridized carbons (Fsp3) is 0.467. The van der Waals surface area contributed by atoms with Gasteiger partial charge in [0, 0.05) is 23.9 Å². The minimum absolute atomic E-state index is 0.0309. The van der Waals surface area contributed by atoms with Gasteiger partial charge in [-0.15, -0.1) is 11.3 Å². The molecule has 0 aliphatic heterocycles. The summed E-state index contributed by atoms with van der Waals surface area (Å²) in [4.78, 5) is 16.5. The Hall–Kier alpha value is -1.66. The molecule has 1 saturated carbocycles. The van der Waals surface area contributed by atoms with E-state index < -0.39 is 0 Å². The predicted molar refractivity (Wildman–Crippen MR) is 79.9 cm³/mol. The second kappa shape index (κ2) is 6.41. The van der Waals surface area contributed by atoms with E-state index in [9.17, 15) is 9.90 Å². The van der Waals surface area contributed by atoms with E-state index in [2.05, 4.69) is 10.3 Å². The maximum atomic E-state index is 12.1. The van der Waals surface area contributed by atoms with Crippen LogP contribution < -0.4 is 5.32 Å². The van der Waals surface area contributed by atoms with Crippen molar-refractivity contribution in [1.82, 2.24) is 10.3 Å². The summed E-state index contributed by atoms with van der Waals surface area (Å²) >= 11 is 1.47. The van der Waals surface area contributed by atoms with Crippen molar-refractivity contribution in [3.8, 4) is 10.8 Å². The lowest BCUT2D eigenvalue weighted by Gasteiger charge is -2.18. The quantitative estimate of drug-likeness (QED) is 0.888. The number of aliphatic hydroxyl groups is 1. The van der Waals surface area contributed by atoms with Crippen molar-refractivity contribution in [1.29, 1.82) is 0 Å². The molecule has 2 N–H and O–H groups in total. The van der Waals surface area contributed by atoms with Gasteiger partial charge in [0.25, 0.3) is 0 Å². The Morgan fingerprint density at radius 3 is 3.19 bits per heavy atom. The molecule has 6 heteroatoms. The van der Waals surface area contributed by atoms with Gasteiger partial charge in [-0.05, 0) is 25.0 Å². The zero-order chi connectivity index (χ0) is 14.7. The lowest BCUT2D eigenvalue weighted by atomic mass is 10.1. The first-order valence-corrected chi connectivity index (χ1v) is 8.02. The molecule has 2 unspecified atom stereocenters. The lowest BCUT2D eigenvalue weighted by molar-refractivity contribution is -0.121. The minimum atomic E-state index is -0.0309. The smallest absolute Gasteiger partial charge is 0.226 e. The van der Waals surface area contributed by atoms with Gasteiger partial charge >= 0.3 is 0 Å². The van der Waals surface area contributed by atoms with Crippen molar-refractivity contribution in [2.45, 2.75) is 31.7 Å². The largest absolute Gasteiger partial charge is 0.462 e. The summed E-state index contributed by atoms with van der Waals surface area (Å²) in [5.74, 6) is 0.891. The molecule has 21 heavy (non-hydrogen) atoms. The van der Waals surface area contributed by atoms with Crippen LogP contribution in [0.15, 0.2) is 28.2 Å². The van der Waals surface area contributed by atoms with E-state index in [1.54, 1.807) is 6.26 Å². The highest BCUT2D eigenvalue weighted by molar-refractivity contribution is 7.13. The van der Waals surface area contributed by atoms with Crippen molar-refractivity contribution >= 4 is 17.2 Å². The van der Waals surface area contributed by atoms with Gasteiger partial charge in [0.05, 0.1) is 18.4 Å². The number of amides is 1. The van der Waals surface area contributed by atoms with Crippen LogP contribution in [0, 0.1) is 5.92 Å². The van der Waals surface area contributed by atoms with Crippen LogP contribution in [0.25, 0.3) is 10.8 Å². The summed E-state index contributed by atoms with van der Waals surface area (Å²) in [7, 11) is 0. The molecular weight excluding hydrogens is 288 g/mol. The zero-order valence-corrected chi connectivity index (χ0v) is 12.4. The second-order valence-corrected chi connectivity index (χ2v) is 6.20. The monoisotopic (exact) mass is 306 g/mol. The molecule has 2 aromatic rings. The second-order valence-electron chi connectivity index (χ2n) is 5.35. The molecule has 0 spiro atoms. The predicted octanol–water partition coefficient (Wildman–Crippen LogP) is 2.22. The van der Waals surface area contributed by atoms with Crippen LogP contribution in [0.3, 0.4) is 0 Å². The molecule has 0 aromatic carbocycles. The highest BCUT2D eigenvalue weighted by Gasteiger charge is 2.27. The minimum Gasteiger partial charge on any atom is -0.462 e. The lowest BCUT2D eigenvalue weighted by Crippen LogP contribution is -2.39. The normalized spacial score (nSPS) is 21.6. The Morgan fingerprint density at radius 1 is 1.52 bits per heavy atom. The zero-order valence-electron chi connectivity index (χ0n) is 11.6. The van der Waals surface area contributed by atoms with E-state index in [4.69, 9.17) is 4.42 Å². The van der Waals surface area contributed by atoms with Gasteiger partial charge < -0.3 is 14.8 Å². The van der Waals surface area contributed by atoms with Crippen molar-refractivity contribution in [3.63, 3.8) is 0 Å². The molecule has 1 amide bonds. The van der Waals surface area contributed by atoms with Crippen molar-refractivity contribution < 1.29 is 14.3 Å². The van der Waals surface area contributed by atoms with Crippen molar-refractivity contribution in [3.05, 3.63) is 29.5 Å². The molecule has 2 heterocycles. The molecule has 2 aromatic heterocycles. The first kappa shape index (κ1) is 14.3. The van der Waals surface area contributed by atoms with Crippen LogP contribution >= 0.6 is 11.3 Å². The van der Waals surface area contributed by atoms with Crippen LogP contribution in [0.2, 0.25) is 0 Å². The fourth-order valence-electron chi connectivity index (χ4n) is 2.77. The van der Waals surface area contributed by atoms with Crippen LogP contribution in [0.1, 0.15) is 25.0 Å². The van der Waals surface area contributed by atoms with Gasteiger partial charge in [-0.25, -0.2) is 4.98 Å². The van der Waals surface area contributed by atoms with Crippen molar-refractivity contribution in [2.24, 2.45) is 5.92 Å². The summed E-state index contributed by atoms with van der Waals surface area (Å²) in [6.07, 6.45) is 4.88. The van der Waals surface area contributed by atoms with Gasteiger partial charge in [0.2, 0.25) is 5.91 Å². The molecule has 1 aliphatic rings. The van der Waals surface area contributed by atoms with Gasteiger partial charge in [-0.2, -0.15) is 0 Å². The molecule has 0 bridgehead atoms. The SMILES string of the molecule is O=C(Cc1csc(-c2ccco2)n1)NC1CCCC1CO. The Labute approximate surface area is 127 Å². The van der Waals surface area contributed by atoms with Crippen LogP contribution in [0.4, 0.5) is 0 Å². The fourth-order valence-corrected chi connectivity index (χ4v) is 3.56.